The molecular formula is C13H9N5O2. The molecule has 0 spiro atoms. The van der Waals surface area contributed by atoms with Crippen molar-refractivity contribution in [2.75, 3.05) is 0 Å². The molecule has 7 nitrogen and oxygen atoms in total. The van der Waals surface area contributed by atoms with Gasteiger partial charge in [0, 0.05) is 12.4 Å². The number of hydrogen-bond donors (Lipinski definition) is 2. The van der Waals surface area contributed by atoms with Gasteiger partial charge in [-0.3, -0.25) is 9.78 Å². The number of fused-ring (bicyclic) bond motifs is 1. The van der Waals surface area contributed by atoms with Crippen LogP contribution in [0, 0.1) is 11.3 Å². The standard InChI is InChI=1S/C13H9N5O2/c14-4-8-9(7-2-1-3-16-5-7)10-12(19)17-6-18-13(10)20-11(8)15/h1-3,5-6,9H,15H2,(H,17,18,19)/t9-/m1/s1. The van der Waals surface area contributed by atoms with Crippen LogP contribution in [0.15, 0.2) is 47.1 Å². The third-order valence-corrected chi connectivity index (χ3v) is 3.04. The monoisotopic (exact) mass is 267 g/mol. The van der Waals surface area contributed by atoms with Crippen molar-refractivity contribution in [1.82, 2.24) is 15.0 Å². The van der Waals surface area contributed by atoms with Crippen molar-refractivity contribution in [2.45, 2.75) is 5.92 Å². The van der Waals surface area contributed by atoms with E-state index in [-0.39, 0.29) is 28.5 Å². The first-order chi connectivity index (χ1) is 9.72. The van der Waals surface area contributed by atoms with Crippen molar-refractivity contribution < 1.29 is 4.74 Å². The normalized spacial score (nSPS) is 17.1. The summed E-state index contributed by atoms with van der Waals surface area (Å²) in [6.07, 6.45) is 4.42. The van der Waals surface area contributed by atoms with E-state index < -0.39 is 5.92 Å². The van der Waals surface area contributed by atoms with Gasteiger partial charge in [-0.2, -0.15) is 5.26 Å². The number of nitrogens with one attached hydrogen (secondary N) is 1. The van der Waals surface area contributed by atoms with Crippen LogP contribution in [0.2, 0.25) is 0 Å². The summed E-state index contributed by atoms with van der Waals surface area (Å²) in [6.45, 7) is 0. The summed E-state index contributed by atoms with van der Waals surface area (Å²) in [6, 6.07) is 5.48. The molecule has 0 unspecified atom stereocenters. The van der Waals surface area contributed by atoms with Crippen LogP contribution in [0.4, 0.5) is 0 Å². The second-order valence-corrected chi connectivity index (χ2v) is 4.16. The van der Waals surface area contributed by atoms with Crippen molar-refractivity contribution >= 4 is 0 Å². The fourth-order valence-electron chi connectivity index (χ4n) is 2.18. The molecule has 7 heteroatoms. The lowest BCUT2D eigenvalue weighted by Gasteiger charge is -2.23. The van der Waals surface area contributed by atoms with Gasteiger partial charge in [0.05, 0.1) is 17.8 Å². The first-order valence-corrected chi connectivity index (χ1v) is 5.77. The highest BCUT2D eigenvalue weighted by molar-refractivity contribution is 5.51. The van der Waals surface area contributed by atoms with Crippen LogP contribution in [0.3, 0.4) is 0 Å². The van der Waals surface area contributed by atoms with Gasteiger partial charge in [0.15, 0.2) is 0 Å². The van der Waals surface area contributed by atoms with Gasteiger partial charge in [-0.15, -0.1) is 0 Å². The zero-order chi connectivity index (χ0) is 14.1. The number of aromatic amines is 1. The molecule has 0 fully saturated rings. The first kappa shape index (κ1) is 11.9. The van der Waals surface area contributed by atoms with E-state index in [4.69, 9.17) is 10.5 Å². The van der Waals surface area contributed by atoms with Crippen molar-refractivity contribution in [3.05, 3.63) is 63.8 Å². The minimum absolute atomic E-state index is 0.0491. The van der Waals surface area contributed by atoms with Crippen LogP contribution in [0.25, 0.3) is 0 Å². The van der Waals surface area contributed by atoms with Crippen molar-refractivity contribution in [1.29, 1.82) is 5.26 Å². The Hall–Kier alpha value is -3.14. The van der Waals surface area contributed by atoms with E-state index in [0.717, 1.165) is 0 Å². The Morgan fingerprint density at radius 2 is 2.35 bits per heavy atom. The van der Waals surface area contributed by atoms with E-state index in [9.17, 15) is 10.1 Å². The summed E-state index contributed by atoms with van der Waals surface area (Å²) < 4.78 is 5.25. The molecule has 1 aliphatic heterocycles. The fraction of sp³-hybridized carbons (Fsp3) is 0.0769. The molecule has 98 valence electrons. The number of hydrogen-bond acceptors (Lipinski definition) is 6. The predicted octanol–water partition coefficient (Wildman–Crippen LogP) is 0.383. The van der Waals surface area contributed by atoms with Gasteiger partial charge in [-0.1, -0.05) is 6.07 Å². The maximum absolute atomic E-state index is 12.0. The summed E-state index contributed by atoms with van der Waals surface area (Å²) in [5.74, 6) is -0.569. The van der Waals surface area contributed by atoms with Crippen molar-refractivity contribution in [3.63, 3.8) is 0 Å². The Labute approximate surface area is 113 Å². The molecule has 1 atom stereocenters. The smallest absolute Gasteiger partial charge is 0.258 e. The average molecular weight is 267 g/mol. The van der Waals surface area contributed by atoms with E-state index in [2.05, 4.69) is 15.0 Å². The summed E-state index contributed by atoms with van der Waals surface area (Å²) in [7, 11) is 0. The molecule has 20 heavy (non-hydrogen) atoms. The van der Waals surface area contributed by atoms with Crippen LogP contribution in [0.5, 0.6) is 5.88 Å². The number of ether oxygens (including phenoxy) is 1. The molecule has 3 N–H and O–H groups in total. The molecule has 3 rings (SSSR count). The molecule has 0 saturated heterocycles. The van der Waals surface area contributed by atoms with Gasteiger partial charge in [-0.25, -0.2) is 4.98 Å². The van der Waals surface area contributed by atoms with Gasteiger partial charge in [0.2, 0.25) is 11.8 Å². The number of allylic oxidation sites excluding steroid dienone is 1. The highest BCUT2D eigenvalue weighted by atomic mass is 16.5. The molecule has 0 radical (unpaired) electrons. The number of pyridine rings is 1. The van der Waals surface area contributed by atoms with Gasteiger partial charge in [0.25, 0.3) is 5.56 Å². The van der Waals surface area contributed by atoms with Crippen LogP contribution in [0.1, 0.15) is 17.0 Å². The first-order valence-electron chi connectivity index (χ1n) is 5.77. The lowest BCUT2D eigenvalue weighted by molar-refractivity contribution is 0.375. The van der Waals surface area contributed by atoms with Crippen molar-refractivity contribution in [2.24, 2.45) is 5.73 Å². The minimum atomic E-state index is -0.630. The molecule has 0 aliphatic carbocycles. The molecular weight excluding hydrogens is 258 g/mol. The number of nitrogens with zero attached hydrogens (tertiary/aromatic N) is 3. The molecule has 0 amide bonds. The number of H-pyrrole nitrogens is 1. The lowest BCUT2D eigenvalue weighted by atomic mass is 9.86. The third-order valence-electron chi connectivity index (χ3n) is 3.04. The summed E-state index contributed by atoms with van der Waals surface area (Å²) in [5, 5.41) is 9.29. The molecule has 2 aromatic heterocycles. The SMILES string of the molecule is N#CC1=C(N)Oc2nc[nH]c(=O)c2[C@@H]1c1cccnc1. The van der Waals surface area contributed by atoms with Gasteiger partial charge < -0.3 is 15.5 Å². The van der Waals surface area contributed by atoms with E-state index in [0.29, 0.717) is 5.56 Å². The van der Waals surface area contributed by atoms with Gasteiger partial charge >= 0.3 is 0 Å². The van der Waals surface area contributed by atoms with Crippen LogP contribution in [-0.2, 0) is 0 Å². The Balaban J connectivity index is 2.31. The topological polar surface area (TPSA) is 118 Å². The van der Waals surface area contributed by atoms with Gasteiger partial charge in [0.1, 0.15) is 11.6 Å². The minimum Gasteiger partial charge on any atom is -0.422 e. The zero-order valence-electron chi connectivity index (χ0n) is 10.2. The number of rotatable bonds is 1. The van der Waals surface area contributed by atoms with Gasteiger partial charge in [-0.05, 0) is 11.6 Å². The second kappa shape index (κ2) is 4.51. The van der Waals surface area contributed by atoms with Crippen molar-refractivity contribution in [3.8, 4) is 11.9 Å². The molecule has 3 heterocycles. The van der Waals surface area contributed by atoms with Crippen LogP contribution < -0.4 is 16.0 Å². The Bertz CT molecular complexity index is 788. The molecule has 2 aromatic rings. The number of nitriles is 1. The zero-order valence-corrected chi connectivity index (χ0v) is 10.2. The molecule has 0 aromatic carbocycles. The second-order valence-electron chi connectivity index (χ2n) is 4.16. The lowest BCUT2D eigenvalue weighted by Crippen LogP contribution is -2.28. The van der Waals surface area contributed by atoms with E-state index in [1.54, 1.807) is 24.5 Å². The Morgan fingerprint density at radius 3 is 3.05 bits per heavy atom. The average Bonchev–Trinajstić information content (AvgIpc) is 2.47. The summed E-state index contributed by atoms with van der Waals surface area (Å²) >= 11 is 0. The highest BCUT2D eigenvalue weighted by Crippen LogP contribution is 2.38. The third kappa shape index (κ3) is 1.71. The Morgan fingerprint density at radius 1 is 1.50 bits per heavy atom. The largest absolute Gasteiger partial charge is 0.422 e. The number of aromatic nitrogens is 3. The summed E-state index contributed by atoms with van der Waals surface area (Å²) in [5.41, 5.74) is 6.48. The number of nitrogens with two attached hydrogens (primary N) is 1. The maximum atomic E-state index is 12.0. The highest BCUT2D eigenvalue weighted by Gasteiger charge is 2.33. The van der Waals surface area contributed by atoms with Crippen LogP contribution >= 0.6 is 0 Å². The quantitative estimate of drug-likeness (QED) is 0.771. The van der Waals surface area contributed by atoms with E-state index in [1.165, 1.54) is 6.33 Å². The van der Waals surface area contributed by atoms with E-state index in [1.807, 2.05) is 6.07 Å². The maximum Gasteiger partial charge on any atom is 0.258 e. The molecule has 1 aliphatic rings. The van der Waals surface area contributed by atoms with E-state index >= 15 is 0 Å². The molecule has 0 saturated carbocycles. The summed E-state index contributed by atoms with van der Waals surface area (Å²) in [4.78, 5) is 22.5. The fourth-order valence-corrected chi connectivity index (χ4v) is 2.18. The van der Waals surface area contributed by atoms with Crippen LogP contribution in [-0.4, -0.2) is 15.0 Å². The molecule has 0 bridgehead atoms. The Kier molecular flexibility index (Phi) is 2.69. The predicted molar refractivity (Wildman–Crippen MR) is 68.4 cm³/mol.